The van der Waals surface area contributed by atoms with E-state index >= 15 is 0 Å². The standard InChI is InChI=1S/C17H23F3N4O/c1-11(12-2-3-12)22-16(25)23-14-6-8-24(9-7-14)15-5-4-13(10-21-15)17(18,19)20/h4-5,10-12,14H,2-3,6-9H2,1H3,(H2,22,23,25). The lowest BCUT2D eigenvalue weighted by Gasteiger charge is -2.33. The molecule has 3 rings (SSSR count). The number of piperidine rings is 1. The highest BCUT2D eigenvalue weighted by Crippen LogP contribution is 2.32. The van der Waals surface area contributed by atoms with E-state index in [9.17, 15) is 18.0 Å². The fourth-order valence-corrected chi connectivity index (χ4v) is 3.14. The topological polar surface area (TPSA) is 57.3 Å². The van der Waals surface area contributed by atoms with Gasteiger partial charge in [-0.05, 0) is 50.7 Å². The van der Waals surface area contributed by atoms with Gasteiger partial charge in [0.2, 0.25) is 0 Å². The largest absolute Gasteiger partial charge is 0.417 e. The van der Waals surface area contributed by atoms with Gasteiger partial charge in [0.1, 0.15) is 5.82 Å². The number of rotatable bonds is 4. The van der Waals surface area contributed by atoms with Crippen LogP contribution in [-0.2, 0) is 6.18 Å². The van der Waals surface area contributed by atoms with Gasteiger partial charge in [0.15, 0.2) is 0 Å². The normalized spacial score (nSPS) is 20.2. The molecule has 1 aromatic heterocycles. The molecule has 1 aromatic rings. The molecule has 2 fully saturated rings. The lowest BCUT2D eigenvalue weighted by Crippen LogP contribution is -2.50. The Morgan fingerprint density at radius 2 is 1.92 bits per heavy atom. The third kappa shape index (κ3) is 4.76. The summed E-state index contributed by atoms with van der Waals surface area (Å²) in [6.45, 7) is 3.33. The van der Waals surface area contributed by atoms with E-state index < -0.39 is 11.7 Å². The second-order valence-electron chi connectivity index (χ2n) is 6.91. The smallest absolute Gasteiger partial charge is 0.356 e. The first-order valence-corrected chi connectivity index (χ1v) is 8.68. The minimum atomic E-state index is -4.37. The van der Waals surface area contributed by atoms with Gasteiger partial charge in [0.25, 0.3) is 0 Å². The first kappa shape index (κ1) is 17.8. The van der Waals surface area contributed by atoms with E-state index in [0.717, 1.165) is 25.1 Å². The Morgan fingerprint density at radius 3 is 2.44 bits per heavy atom. The third-order valence-electron chi connectivity index (χ3n) is 4.92. The van der Waals surface area contributed by atoms with Crippen molar-refractivity contribution in [3.05, 3.63) is 23.9 Å². The molecule has 5 nitrogen and oxygen atoms in total. The highest BCUT2D eigenvalue weighted by atomic mass is 19.4. The number of pyridine rings is 1. The average molecular weight is 356 g/mol. The van der Waals surface area contributed by atoms with Crippen LogP contribution in [0.3, 0.4) is 0 Å². The number of amides is 2. The monoisotopic (exact) mass is 356 g/mol. The quantitative estimate of drug-likeness (QED) is 0.871. The molecule has 1 aliphatic heterocycles. The van der Waals surface area contributed by atoms with Crippen LogP contribution in [0.4, 0.5) is 23.8 Å². The number of nitrogens with zero attached hydrogens (tertiary/aromatic N) is 2. The van der Waals surface area contributed by atoms with E-state index in [1.165, 1.54) is 18.9 Å². The Bertz CT molecular complexity index is 593. The van der Waals surface area contributed by atoms with Crippen molar-refractivity contribution in [3.8, 4) is 0 Å². The van der Waals surface area contributed by atoms with Gasteiger partial charge in [0, 0.05) is 31.4 Å². The molecule has 0 aromatic carbocycles. The molecule has 138 valence electrons. The molecule has 2 amide bonds. The molecule has 8 heteroatoms. The van der Waals surface area contributed by atoms with E-state index in [0.29, 0.717) is 24.8 Å². The molecule has 1 saturated heterocycles. The molecule has 25 heavy (non-hydrogen) atoms. The number of anilines is 1. The van der Waals surface area contributed by atoms with E-state index in [1.54, 1.807) is 0 Å². The van der Waals surface area contributed by atoms with Crippen molar-refractivity contribution in [3.63, 3.8) is 0 Å². The number of carbonyl (C=O) groups excluding carboxylic acids is 1. The molecule has 1 saturated carbocycles. The van der Waals surface area contributed by atoms with E-state index in [-0.39, 0.29) is 18.1 Å². The summed E-state index contributed by atoms with van der Waals surface area (Å²) in [4.78, 5) is 17.9. The SMILES string of the molecule is CC(NC(=O)NC1CCN(c2ccc(C(F)(F)F)cn2)CC1)C1CC1. The summed E-state index contributed by atoms with van der Waals surface area (Å²) in [5.74, 6) is 1.15. The number of halogens is 3. The van der Waals surface area contributed by atoms with Gasteiger partial charge < -0.3 is 15.5 Å². The van der Waals surface area contributed by atoms with Gasteiger partial charge in [-0.15, -0.1) is 0 Å². The number of urea groups is 1. The van der Waals surface area contributed by atoms with Crippen LogP contribution in [0.25, 0.3) is 0 Å². The van der Waals surface area contributed by atoms with Gasteiger partial charge in [-0.2, -0.15) is 13.2 Å². The van der Waals surface area contributed by atoms with Crippen molar-refractivity contribution in [2.24, 2.45) is 5.92 Å². The van der Waals surface area contributed by atoms with Crippen LogP contribution >= 0.6 is 0 Å². The lowest BCUT2D eigenvalue weighted by atomic mass is 10.1. The number of hydrogen-bond donors (Lipinski definition) is 2. The lowest BCUT2D eigenvalue weighted by molar-refractivity contribution is -0.137. The van der Waals surface area contributed by atoms with Crippen LogP contribution in [0.5, 0.6) is 0 Å². The van der Waals surface area contributed by atoms with Gasteiger partial charge in [-0.25, -0.2) is 9.78 Å². The minimum absolute atomic E-state index is 0.0806. The number of nitrogens with one attached hydrogen (secondary N) is 2. The number of hydrogen-bond acceptors (Lipinski definition) is 3. The first-order valence-electron chi connectivity index (χ1n) is 8.68. The summed E-state index contributed by atoms with van der Waals surface area (Å²) < 4.78 is 37.7. The van der Waals surface area contributed by atoms with Gasteiger partial charge in [0.05, 0.1) is 5.56 Å². The van der Waals surface area contributed by atoms with Crippen molar-refractivity contribution in [1.82, 2.24) is 15.6 Å². The van der Waals surface area contributed by atoms with Gasteiger partial charge in [-0.3, -0.25) is 0 Å². The Labute approximate surface area is 145 Å². The summed E-state index contributed by atoms with van der Waals surface area (Å²) >= 11 is 0. The van der Waals surface area contributed by atoms with E-state index in [1.807, 2.05) is 11.8 Å². The first-order chi connectivity index (χ1) is 11.8. The number of aromatic nitrogens is 1. The number of alkyl halides is 3. The van der Waals surface area contributed by atoms with Crippen LogP contribution in [0.1, 0.15) is 38.2 Å². The maximum Gasteiger partial charge on any atom is 0.417 e. The average Bonchev–Trinajstić information content (AvgIpc) is 3.40. The minimum Gasteiger partial charge on any atom is -0.356 e. The molecule has 1 unspecified atom stereocenters. The fraction of sp³-hybridized carbons (Fsp3) is 0.647. The molecule has 2 heterocycles. The Balaban J connectivity index is 1.45. The summed E-state index contributed by atoms with van der Waals surface area (Å²) in [5, 5.41) is 5.96. The van der Waals surface area contributed by atoms with Crippen LogP contribution in [0.2, 0.25) is 0 Å². The van der Waals surface area contributed by atoms with Crippen molar-refractivity contribution in [2.45, 2.75) is 50.9 Å². The molecule has 0 radical (unpaired) electrons. The third-order valence-corrected chi connectivity index (χ3v) is 4.92. The second kappa shape index (κ2) is 7.09. The van der Waals surface area contributed by atoms with Crippen LogP contribution in [0, 0.1) is 5.92 Å². The molecule has 1 atom stereocenters. The molecular weight excluding hydrogens is 333 g/mol. The van der Waals surface area contributed by atoms with Crippen molar-refractivity contribution < 1.29 is 18.0 Å². The molecule has 0 bridgehead atoms. The zero-order chi connectivity index (χ0) is 18.0. The van der Waals surface area contributed by atoms with E-state index in [4.69, 9.17) is 0 Å². The summed E-state index contributed by atoms with van der Waals surface area (Å²) in [6.07, 6.45) is 0.349. The molecule has 2 aliphatic rings. The highest BCUT2D eigenvalue weighted by molar-refractivity contribution is 5.74. The fourth-order valence-electron chi connectivity index (χ4n) is 3.14. The van der Waals surface area contributed by atoms with Gasteiger partial charge >= 0.3 is 12.2 Å². The highest BCUT2D eigenvalue weighted by Gasteiger charge is 2.31. The Morgan fingerprint density at radius 1 is 1.24 bits per heavy atom. The second-order valence-corrected chi connectivity index (χ2v) is 6.91. The maximum absolute atomic E-state index is 12.6. The Kier molecular flexibility index (Phi) is 5.06. The van der Waals surface area contributed by atoms with Crippen molar-refractivity contribution >= 4 is 11.8 Å². The van der Waals surface area contributed by atoms with Crippen molar-refractivity contribution in [1.29, 1.82) is 0 Å². The van der Waals surface area contributed by atoms with Crippen LogP contribution in [-0.4, -0.2) is 36.2 Å². The predicted octanol–water partition coefficient (Wildman–Crippen LogP) is 3.17. The number of carbonyl (C=O) groups is 1. The van der Waals surface area contributed by atoms with Crippen LogP contribution < -0.4 is 15.5 Å². The summed E-state index contributed by atoms with van der Waals surface area (Å²) in [7, 11) is 0. The maximum atomic E-state index is 12.6. The molecule has 1 aliphatic carbocycles. The molecule has 2 N–H and O–H groups in total. The molecular formula is C17H23F3N4O. The van der Waals surface area contributed by atoms with Gasteiger partial charge in [-0.1, -0.05) is 0 Å². The zero-order valence-corrected chi connectivity index (χ0v) is 14.1. The van der Waals surface area contributed by atoms with Crippen LogP contribution in [0.15, 0.2) is 18.3 Å². The molecule has 0 spiro atoms. The zero-order valence-electron chi connectivity index (χ0n) is 14.1. The van der Waals surface area contributed by atoms with E-state index in [2.05, 4.69) is 15.6 Å². The summed E-state index contributed by atoms with van der Waals surface area (Å²) in [6, 6.07) is 2.61. The van der Waals surface area contributed by atoms with Crippen molar-refractivity contribution in [2.75, 3.05) is 18.0 Å². The predicted molar refractivity (Wildman–Crippen MR) is 88.3 cm³/mol. The Hall–Kier alpha value is -1.99. The summed E-state index contributed by atoms with van der Waals surface area (Å²) in [5.41, 5.74) is -0.741.